The highest BCUT2D eigenvalue weighted by Crippen LogP contribution is 2.26. The van der Waals surface area contributed by atoms with E-state index in [1.807, 2.05) is 18.2 Å². The molecule has 0 saturated carbocycles. The van der Waals surface area contributed by atoms with Crippen LogP contribution in [-0.4, -0.2) is 12.3 Å². The van der Waals surface area contributed by atoms with Crippen molar-refractivity contribution in [2.24, 2.45) is 0 Å². The minimum absolute atomic E-state index is 0.331. The van der Waals surface area contributed by atoms with E-state index in [2.05, 4.69) is 20.1 Å². The molecule has 1 aliphatic rings. The van der Waals surface area contributed by atoms with E-state index in [9.17, 15) is 4.79 Å². The van der Waals surface area contributed by atoms with Crippen molar-refractivity contribution in [2.45, 2.75) is 12.8 Å². The number of carbonyl (C=O) groups is 1. The summed E-state index contributed by atoms with van der Waals surface area (Å²) in [6, 6.07) is 8.07. The lowest BCUT2D eigenvalue weighted by atomic mass is 10.1. The number of Topliss-reactive ketones (excluding diaryl/α,β-unsaturated/α-hetero) is 1. The first kappa shape index (κ1) is 8.71. The van der Waals surface area contributed by atoms with Crippen molar-refractivity contribution in [3.63, 3.8) is 0 Å². The minimum atomic E-state index is 0.331. The lowest BCUT2D eigenvalue weighted by Crippen LogP contribution is -2.11. The number of anilines is 1. The van der Waals surface area contributed by atoms with Gasteiger partial charge >= 0.3 is 0 Å². The van der Waals surface area contributed by atoms with Gasteiger partial charge in [-0.1, -0.05) is 18.2 Å². The fraction of sp³-hybridized carbons (Fsp3) is 0.300. The van der Waals surface area contributed by atoms with Gasteiger partial charge in [0.1, 0.15) is 5.78 Å². The van der Waals surface area contributed by atoms with E-state index in [-0.39, 0.29) is 0 Å². The van der Waals surface area contributed by atoms with E-state index < -0.39 is 0 Å². The van der Waals surface area contributed by atoms with Crippen LogP contribution in [0.25, 0.3) is 0 Å². The Morgan fingerprint density at radius 1 is 1.31 bits per heavy atom. The maximum absolute atomic E-state index is 11.4. The Labute approximate surface area is 80.2 Å². The number of rotatable bonds is 0. The maximum atomic E-state index is 11.4. The van der Waals surface area contributed by atoms with Crippen molar-refractivity contribution in [3.8, 4) is 0 Å². The molecular formula is C10H12NOP. The van der Waals surface area contributed by atoms with Crippen LogP contribution in [0.2, 0.25) is 0 Å². The highest BCUT2D eigenvalue weighted by atomic mass is 31.0. The highest BCUT2D eigenvalue weighted by molar-refractivity contribution is 7.19. The van der Waals surface area contributed by atoms with Crippen molar-refractivity contribution >= 4 is 20.9 Å². The molecule has 3 heteroatoms. The Hall–Kier alpha value is -0.880. The number of ketones is 1. The predicted octanol–water partition coefficient (Wildman–Crippen LogP) is 1.80. The van der Waals surface area contributed by atoms with Gasteiger partial charge in [-0.2, -0.15) is 0 Å². The van der Waals surface area contributed by atoms with Gasteiger partial charge in [0, 0.05) is 25.1 Å². The monoisotopic (exact) mass is 193 g/mol. The van der Waals surface area contributed by atoms with Gasteiger partial charge in [0.2, 0.25) is 0 Å². The quantitative estimate of drug-likeness (QED) is 0.585. The molecule has 2 rings (SSSR count). The molecule has 0 aliphatic carbocycles. The van der Waals surface area contributed by atoms with Crippen LogP contribution in [0, 0.1) is 0 Å². The topological polar surface area (TPSA) is 20.3 Å². The molecule has 0 fully saturated rings. The zero-order valence-electron chi connectivity index (χ0n) is 7.36. The Morgan fingerprint density at radius 3 is 2.92 bits per heavy atom. The van der Waals surface area contributed by atoms with Crippen LogP contribution in [0.1, 0.15) is 12.0 Å². The van der Waals surface area contributed by atoms with Gasteiger partial charge in [0.25, 0.3) is 0 Å². The molecule has 2 nitrogen and oxygen atoms in total. The molecule has 1 unspecified atom stereocenters. The van der Waals surface area contributed by atoms with Crippen molar-refractivity contribution < 1.29 is 4.79 Å². The summed E-state index contributed by atoms with van der Waals surface area (Å²) < 4.78 is 2.07. The smallest absolute Gasteiger partial charge is 0.139 e. The molecule has 0 radical (unpaired) electrons. The average molecular weight is 193 g/mol. The average Bonchev–Trinajstić information content (AvgIpc) is 2.27. The first-order valence-electron chi connectivity index (χ1n) is 4.39. The molecule has 1 aromatic carbocycles. The lowest BCUT2D eigenvalue weighted by molar-refractivity contribution is -0.118. The van der Waals surface area contributed by atoms with Crippen molar-refractivity contribution in [2.75, 3.05) is 11.2 Å². The summed E-state index contributed by atoms with van der Waals surface area (Å²) >= 11 is 0. The summed E-state index contributed by atoms with van der Waals surface area (Å²) in [6.45, 7) is 0.806. The van der Waals surface area contributed by atoms with Crippen molar-refractivity contribution in [1.82, 2.24) is 0 Å². The largest absolute Gasteiger partial charge is 0.355 e. The molecular weight excluding hydrogens is 181 g/mol. The molecule has 0 bridgehead atoms. The van der Waals surface area contributed by atoms with Crippen LogP contribution < -0.4 is 4.67 Å². The second-order valence-electron chi connectivity index (χ2n) is 3.29. The zero-order chi connectivity index (χ0) is 9.26. The van der Waals surface area contributed by atoms with Crippen molar-refractivity contribution in [3.05, 3.63) is 29.8 Å². The van der Waals surface area contributed by atoms with E-state index in [0.29, 0.717) is 18.6 Å². The molecule has 1 heterocycles. The second-order valence-corrected chi connectivity index (χ2v) is 3.91. The van der Waals surface area contributed by atoms with Gasteiger partial charge in [0.15, 0.2) is 0 Å². The predicted molar refractivity (Wildman–Crippen MR) is 56.8 cm³/mol. The Kier molecular flexibility index (Phi) is 2.32. The molecule has 68 valence electrons. The van der Waals surface area contributed by atoms with E-state index in [0.717, 1.165) is 12.1 Å². The van der Waals surface area contributed by atoms with Gasteiger partial charge < -0.3 is 4.67 Å². The molecule has 13 heavy (non-hydrogen) atoms. The molecule has 0 spiro atoms. The van der Waals surface area contributed by atoms with Crippen LogP contribution in [-0.2, 0) is 11.2 Å². The van der Waals surface area contributed by atoms with Gasteiger partial charge in [-0.3, -0.25) is 4.79 Å². The summed E-state index contributed by atoms with van der Waals surface area (Å²) in [5.74, 6) is 0.331. The third-order valence-corrected chi connectivity index (χ3v) is 2.86. The summed E-state index contributed by atoms with van der Waals surface area (Å²) in [6.07, 6.45) is 1.24. The fourth-order valence-corrected chi connectivity index (χ4v) is 1.99. The first-order valence-corrected chi connectivity index (χ1v) is 4.91. The number of hydrogen-bond donors (Lipinski definition) is 0. The molecule has 0 amide bonds. The SMILES string of the molecule is O=C1CCN(P)c2ccccc2C1. The number of nitrogens with zero attached hydrogens (tertiary/aromatic N) is 1. The molecule has 0 saturated heterocycles. The van der Waals surface area contributed by atoms with Crippen LogP contribution in [0.5, 0.6) is 0 Å². The number of para-hydroxylation sites is 1. The van der Waals surface area contributed by atoms with Gasteiger partial charge in [-0.15, -0.1) is 0 Å². The highest BCUT2D eigenvalue weighted by Gasteiger charge is 2.15. The number of carbonyl (C=O) groups excluding carboxylic acids is 1. The Balaban J connectivity index is 2.43. The van der Waals surface area contributed by atoms with E-state index >= 15 is 0 Å². The summed E-state index contributed by atoms with van der Waals surface area (Å²) in [4.78, 5) is 11.4. The number of hydrogen-bond acceptors (Lipinski definition) is 2. The van der Waals surface area contributed by atoms with Gasteiger partial charge in [-0.25, -0.2) is 0 Å². The fourth-order valence-electron chi connectivity index (χ4n) is 1.61. The summed E-state index contributed by atoms with van der Waals surface area (Å²) in [5, 5.41) is 0. The summed E-state index contributed by atoms with van der Waals surface area (Å²) in [5.41, 5.74) is 2.30. The maximum Gasteiger partial charge on any atom is 0.139 e. The Bertz CT molecular complexity index is 337. The normalized spacial score (nSPS) is 16.7. The third-order valence-electron chi connectivity index (χ3n) is 2.32. The second kappa shape index (κ2) is 3.47. The van der Waals surface area contributed by atoms with E-state index in [4.69, 9.17) is 0 Å². The van der Waals surface area contributed by atoms with E-state index in [1.165, 1.54) is 5.69 Å². The number of fused-ring (bicyclic) bond motifs is 1. The Morgan fingerprint density at radius 2 is 2.08 bits per heavy atom. The standard InChI is InChI=1S/C10H12NOP/c12-9-5-6-11(13)10-4-2-1-3-8(10)7-9/h1-4H,5-7,13H2. The zero-order valence-corrected chi connectivity index (χ0v) is 8.52. The molecule has 1 aliphatic heterocycles. The first-order chi connectivity index (χ1) is 6.27. The van der Waals surface area contributed by atoms with Crippen molar-refractivity contribution in [1.29, 1.82) is 0 Å². The third kappa shape index (κ3) is 1.73. The molecule has 0 aromatic heterocycles. The molecule has 1 aromatic rings. The van der Waals surface area contributed by atoms with E-state index in [1.54, 1.807) is 0 Å². The van der Waals surface area contributed by atoms with Crippen LogP contribution in [0.15, 0.2) is 24.3 Å². The molecule has 0 N–H and O–H groups in total. The minimum Gasteiger partial charge on any atom is -0.355 e. The number of benzene rings is 1. The molecule has 1 atom stereocenters. The van der Waals surface area contributed by atoms with Crippen LogP contribution in [0.3, 0.4) is 0 Å². The summed E-state index contributed by atoms with van der Waals surface area (Å²) in [7, 11) is 2.66. The lowest BCUT2D eigenvalue weighted by Gasteiger charge is -2.17. The van der Waals surface area contributed by atoms with Gasteiger partial charge in [-0.05, 0) is 21.0 Å². The van der Waals surface area contributed by atoms with Gasteiger partial charge in [0.05, 0.1) is 0 Å². The van der Waals surface area contributed by atoms with Crippen LogP contribution >= 0.6 is 9.39 Å². The van der Waals surface area contributed by atoms with Crippen LogP contribution in [0.4, 0.5) is 5.69 Å².